The Labute approximate surface area is 191 Å². The summed E-state index contributed by atoms with van der Waals surface area (Å²) in [5.74, 6) is -0.759. The van der Waals surface area contributed by atoms with Crippen molar-refractivity contribution < 1.29 is 41.5 Å². The van der Waals surface area contributed by atoms with Crippen LogP contribution >= 0.6 is 11.6 Å². The normalized spacial score (nSPS) is 16.7. The number of hydrogen-bond donors (Lipinski definition) is 3. The smallest absolute Gasteiger partial charge is 0.294 e. The Morgan fingerprint density at radius 2 is 1.73 bits per heavy atom. The number of carbonyl (C=O) groups is 1. The van der Waals surface area contributed by atoms with Gasteiger partial charge in [-0.25, -0.2) is 22.0 Å². The highest BCUT2D eigenvalue weighted by Crippen LogP contribution is 2.34. The largest absolute Gasteiger partial charge is 0.367 e. The van der Waals surface area contributed by atoms with Gasteiger partial charge < -0.3 is 19.9 Å². The van der Waals surface area contributed by atoms with Gasteiger partial charge in [-0.15, -0.1) is 20.2 Å². The molecule has 1 unspecified atom stereocenters. The van der Waals surface area contributed by atoms with E-state index in [1.54, 1.807) is 0 Å². The summed E-state index contributed by atoms with van der Waals surface area (Å²) in [6.07, 6.45) is -1.77. The van der Waals surface area contributed by atoms with Crippen LogP contribution in [0.1, 0.15) is 6.42 Å². The van der Waals surface area contributed by atoms with Crippen molar-refractivity contribution in [3.8, 4) is 0 Å². The van der Waals surface area contributed by atoms with Crippen LogP contribution in [0.5, 0.6) is 0 Å². The van der Waals surface area contributed by atoms with E-state index in [0.717, 1.165) is 17.0 Å². The first-order valence-corrected chi connectivity index (χ1v) is 12.1. The van der Waals surface area contributed by atoms with Crippen LogP contribution in [0.4, 0.5) is 5.69 Å². The second kappa shape index (κ2) is 10.3. The van der Waals surface area contributed by atoms with E-state index in [2.05, 4.69) is 19.7 Å². The van der Waals surface area contributed by atoms with Crippen LogP contribution in [0.2, 0.25) is 5.02 Å². The van der Waals surface area contributed by atoms with Crippen LogP contribution in [0.3, 0.4) is 0 Å². The van der Waals surface area contributed by atoms with E-state index in [4.69, 9.17) is 16.7 Å². The van der Waals surface area contributed by atoms with E-state index >= 15 is 0 Å². The molecule has 4 N–H and O–H groups in total. The maximum Gasteiger partial charge on any atom is 0.294 e. The quantitative estimate of drug-likeness (QED) is 0.221. The lowest BCUT2D eigenvalue weighted by atomic mass is 10.2. The molecule has 0 bridgehead atoms. The maximum atomic E-state index is 12.6. The molecule has 1 aromatic carbocycles. The molecule has 20 heteroatoms. The SMILES string of the molecule is NS(=O)(=O)c1cc2c(cc1Cl)NC(CC(=O)N(CCO[N+](=O)[O-])CCO[N+](=O)[O-])NS2(=O)=O. The number of halogens is 1. The summed E-state index contributed by atoms with van der Waals surface area (Å²) in [5.41, 5.74) is -0.108. The molecule has 1 amide bonds. The van der Waals surface area contributed by atoms with Crippen molar-refractivity contribution in [3.63, 3.8) is 0 Å². The van der Waals surface area contributed by atoms with Gasteiger partial charge in [-0.1, -0.05) is 11.6 Å². The lowest BCUT2D eigenvalue weighted by molar-refractivity contribution is -0.758. The van der Waals surface area contributed by atoms with E-state index in [0.29, 0.717) is 0 Å². The van der Waals surface area contributed by atoms with Gasteiger partial charge in [-0.3, -0.25) is 4.79 Å². The van der Waals surface area contributed by atoms with Gasteiger partial charge in [0.1, 0.15) is 23.0 Å². The van der Waals surface area contributed by atoms with Gasteiger partial charge in [0, 0.05) is 13.1 Å². The van der Waals surface area contributed by atoms with Crippen LogP contribution < -0.4 is 15.2 Å². The molecular weight excluding hydrogens is 516 g/mol. The second-order valence-electron chi connectivity index (χ2n) is 6.34. The minimum atomic E-state index is -4.32. The van der Waals surface area contributed by atoms with Gasteiger partial charge in [-0.05, 0) is 12.1 Å². The fourth-order valence-corrected chi connectivity index (χ4v) is 5.26. The Morgan fingerprint density at radius 1 is 1.18 bits per heavy atom. The Morgan fingerprint density at radius 3 is 2.21 bits per heavy atom. The van der Waals surface area contributed by atoms with Crippen molar-refractivity contribution in [1.29, 1.82) is 0 Å². The van der Waals surface area contributed by atoms with Crippen molar-refractivity contribution in [2.24, 2.45) is 5.14 Å². The lowest BCUT2D eigenvalue weighted by Crippen LogP contribution is -2.48. The fraction of sp³-hybridized carbons (Fsp3) is 0.462. The minimum Gasteiger partial charge on any atom is -0.367 e. The monoisotopic (exact) mass is 532 g/mol. The number of rotatable bonds is 11. The zero-order chi connectivity index (χ0) is 25.0. The van der Waals surface area contributed by atoms with E-state index in [-0.39, 0.29) is 23.8 Å². The molecule has 1 aromatic rings. The summed E-state index contributed by atoms with van der Waals surface area (Å²) in [5, 5.41) is 25.7. The highest BCUT2D eigenvalue weighted by Gasteiger charge is 2.33. The number of primary sulfonamides is 1. The Bertz CT molecular complexity index is 1140. The van der Waals surface area contributed by atoms with Gasteiger partial charge in [-0.2, -0.15) is 4.72 Å². The Kier molecular flexibility index (Phi) is 8.19. The average molecular weight is 533 g/mol. The molecule has 0 aromatic heterocycles. The molecule has 0 aliphatic carbocycles. The van der Waals surface area contributed by atoms with Crippen molar-refractivity contribution in [2.75, 3.05) is 31.6 Å². The standard InChI is InChI=1S/C13H17ClN6O11S2/c14-8-5-9-11(6-10(8)32(15,26)27)33(28,29)17-12(16-9)7-13(21)18(1-3-30-19(22)23)2-4-31-20(24)25/h5-6,12,16-17H,1-4,7H2,(H2,15,26,27). The first kappa shape index (κ1) is 26.3. The molecule has 1 heterocycles. The number of nitrogens with one attached hydrogen (secondary N) is 2. The molecule has 33 heavy (non-hydrogen) atoms. The van der Waals surface area contributed by atoms with Crippen LogP contribution in [0.25, 0.3) is 0 Å². The average Bonchev–Trinajstić information content (AvgIpc) is 2.64. The number of amides is 1. The summed E-state index contributed by atoms with van der Waals surface area (Å²) < 4.78 is 50.5. The number of benzene rings is 1. The van der Waals surface area contributed by atoms with Crippen molar-refractivity contribution in [1.82, 2.24) is 9.62 Å². The summed E-state index contributed by atoms with van der Waals surface area (Å²) in [4.78, 5) is 41.3. The van der Waals surface area contributed by atoms with E-state index in [1.807, 2.05) is 0 Å². The minimum absolute atomic E-state index is 0.108. The number of nitrogens with two attached hydrogens (primary N) is 1. The molecule has 0 saturated heterocycles. The Balaban J connectivity index is 2.19. The lowest BCUT2D eigenvalue weighted by Gasteiger charge is -2.30. The van der Waals surface area contributed by atoms with Crippen molar-refractivity contribution >= 4 is 43.2 Å². The molecule has 1 atom stereocenters. The van der Waals surface area contributed by atoms with Gasteiger partial charge >= 0.3 is 0 Å². The van der Waals surface area contributed by atoms with Crippen molar-refractivity contribution in [3.05, 3.63) is 37.4 Å². The van der Waals surface area contributed by atoms with Crippen LogP contribution in [0, 0.1) is 20.2 Å². The highest BCUT2D eigenvalue weighted by molar-refractivity contribution is 7.90. The van der Waals surface area contributed by atoms with E-state index in [9.17, 15) is 41.9 Å². The first-order valence-electron chi connectivity index (χ1n) is 8.68. The van der Waals surface area contributed by atoms with Gasteiger partial charge in [0.15, 0.2) is 0 Å². The topological polar surface area (TPSA) is 243 Å². The van der Waals surface area contributed by atoms with Crippen molar-refractivity contribution in [2.45, 2.75) is 22.4 Å². The number of anilines is 1. The molecule has 184 valence electrons. The molecule has 2 rings (SSSR count). The predicted octanol–water partition coefficient (Wildman–Crippen LogP) is -1.35. The van der Waals surface area contributed by atoms with Crippen LogP contribution in [-0.2, 0) is 34.5 Å². The number of nitrogens with zero attached hydrogens (tertiary/aromatic N) is 3. The number of hydrogen-bond acceptors (Lipinski definition) is 12. The molecule has 0 fully saturated rings. The summed E-state index contributed by atoms with van der Waals surface area (Å²) in [6, 6.07) is 1.77. The molecule has 1 aliphatic rings. The summed E-state index contributed by atoms with van der Waals surface area (Å²) in [6.45, 7) is -1.79. The number of carbonyl (C=O) groups excluding carboxylic acids is 1. The van der Waals surface area contributed by atoms with Crippen LogP contribution in [0.15, 0.2) is 21.9 Å². The van der Waals surface area contributed by atoms with Gasteiger partial charge in [0.05, 0.1) is 23.3 Å². The van der Waals surface area contributed by atoms with Gasteiger partial charge in [0.2, 0.25) is 26.0 Å². The maximum absolute atomic E-state index is 12.6. The molecule has 1 aliphatic heterocycles. The third-order valence-corrected chi connectivity index (χ3v) is 6.99. The van der Waals surface area contributed by atoms with E-state index < -0.39 is 71.7 Å². The third-order valence-electron chi connectivity index (χ3n) is 4.10. The number of fused-ring (bicyclic) bond motifs is 1. The summed E-state index contributed by atoms with van der Waals surface area (Å²) >= 11 is 5.88. The number of sulfonamides is 2. The van der Waals surface area contributed by atoms with Crippen LogP contribution in [-0.4, -0.2) is 70.3 Å². The zero-order valence-electron chi connectivity index (χ0n) is 16.4. The Hall–Kier alpha value is -3.00. The predicted molar refractivity (Wildman–Crippen MR) is 108 cm³/mol. The molecular formula is C13H17ClN6O11S2. The first-order chi connectivity index (χ1) is 15.2. The second-order valence-corrected chi connectivity index (χ2v) is 9.96. The highest BCUT2D eigenvalue weighted by atomic mass is 35.5. The molecule has 0 radical (unpaired) electrons. The fourth-order valence-electron chi connectivity index (χ4n) is 2.76. The van der Waals surface area contributed by atoms with E-state index in [1.165, 1.54) is 0 Å². The zero-order valence-corrected chi connectivity index (χ0v) is 18.8. The molecule has 17 nitrogen and oxygen atoms in total. The third kappa shape index (κ3) is 7.25. The summed E-state index contributed by atoms with van der Waals surface area (Å²) in [7, 11) is -8.63. The van der Waals surface area contributed by atoms with Gasteiger partial charge in [0.25, 0.3) is 10.2 Å². The molecule has 0 saturated carbocycles. The molecule has 0 spiro atoms.